The molecule has 1 aliphatic rings. The molecular weight excluding hydrogens is 248 g/mol. The first-order valence-electron chi connectivity index (χ1n) is 7.51. The molecule has 2 N–H and O–H groups in total. The largest absolute Gasteiger partial charge is 0.392 e. The Labute approximate surface area is 120 Å². The van der Waals surface area contributed by atoms with Crippen molar-refractivity contribution in [2.75, 3.05) is 0 Å². The second-order valence-electron chi connectivity index (χ2n) is 5.78. The van der Waals surface area contributed by atoms with Gasteiger partial charge in [-0.1, -0.05) is 31.0 Å². The van der Waals surface area contributed by atoms with Crippen LogP contribution in [0.3, 0.4) is 0 Å². The third-order valence-corrected chi connectivity index (χ3v) is 4.21. The molecule has 1 fully saturated rings. The zero-order valence-electron chi connectivity index (χ0n) is 12.0. The lowest BCUT2D eigenvalue weighted by atomic mass is 9.92. The van der Waals surface area contributed by atoms with Crippen LogP contribution in [-0.4, -0.2) is 22.2 Å². The molecule has 2 atom stereocenters. The van der Waals surface area contributed by atoms with Crippen LogP contribution >= 0.6 is 0 Å². The highest BCUT2D eigenvalue weighted by Gasteiger charge is 2.22. The first-order chi connectivity index (χ1) is 9.74. The highest BCUT2D eigenvalue weighted by Crippen LogP contribution is 2.21. The van der Waals surface area contributed by atoms with E-state index in [4.69, 9.17) is 0 Å². The number of pyridine rings is 1. The van der Waals surface area contributed by atoms with Crippen LogP contribution in [0.2, 0.25) is 0 Å². The highest BCUT2D eigenvalue weighted by atomic mass is 16.3. The average molecular weight is 270 g/mol. The van der Waals surface area contributed by atoms with Gasteiger partial charge in [-0.2, -0.15) is 0 Å². The number of nitrogens with one attached hydrogen (secondary N) is 1. The maximum Gasteiger partial charge on any atom is 0.0708 e. The van der Waals surface area contributed by atoms with Crippen LogP contribution in [0.5, 0.6) is 0 Å². The third kappa shape index (κ3) is 2.84. The van der Waals surface area contributed by atoms with Crippen LogP contribution in [0.15, 0.2) is 30.3 Å². The third-order valence-electron chi connectivity index (χ3n) is 4.21. The highest BCUT2D eigenvalue weighted by molar-refractivity contribution is 5.82. The molecule has 1 aromatic carbocycles. The fraction of sp³-hybridized carbons (Fsp3) is 0.471. The van der Waals surface area contributed by atoms with Gasteiger partial charge in [-0.15, -0.1) is 0 Å². The zero-order valence-corrected chi connectivity index (χ0v) is 12.0. The lowest BCUT2D eigenvalue weighted by Crippen LogP contribution is -2.41. The van der Waals surface area contributed by atoms with Crippen molar-refractivity contribution in [3.63, 3.8) is 0 Å². The van der Waals surface area contributed by atoms with E-state index in [9.17, 15) is 5.11 Å². The summed E-state index contributed by atoms with van der Waals surface area (Å²) in [4.78, 5) is 4.57. The van der Waals surface area contributed by atoms with Gasteiger partial charge in [-0.05, 0) is 37.5 Å². The Kier molecular flexibility index (Phi) is 3.99. The fourth-order valence-corrected chi connectivity index (χ4v) is 3.13. The van der Waals surface area contributed by atoms with E-state index in [2.05, 4.69) is 34.6 Å². The van der Waals surface area contributed by atoms with Gasteiger partial charge >= 0.3 is 0 Å². The first kappa shape index (κ1) is 13.5. The molecule has 0 amide bonds. The van der Waals surface area contributed by atoms with E-state index in [1.165, 1.54) is 17.4 Å². The summed E-state index contributed by atoms with van der Waals surface area (Å²) in [5.74, 6) is 0. The summed E-state index contributed by atoms with van der Waals surface area (Å²) in [6, 6.07) is 10.6. The van der Waals surface area contributed by atoms with Crippen molar-refractivity contribution in [1.29, 1.82) is 0 Å². The van der Waals surface area contributed by atoms with E-state index in [-0.39, 0.29) is 12.1 Å². The molecule has 1 saturated carbocycles. The van der Waals surface area contributed by atoms with Gasteiger partial charge in [0.25, 0.3) is 0 Å². The molecule has 0 saturated heterocycles. The average Bonchev–Trinajstić information content (AvgIpc) is 2.46. The maximum absolute atomic E-state index is 10.0. The van der Waals surface area contributed by atoms with Gasteiger partial charge in [-0.25, -0.2) is 0 Å². The normalized spacial score (nSPS) is 23.1. The standard InChI is InChI=1S/C17H22N2O/c1-12-10-13(14-6-2-3-7-15(14)19-12)11-18-16-8-4-5-9-17(16)20/h2-3,6-7,10,16-18,20H,4-5,8-9,11H2,1H3. The van der Waals surface area contributed by atoms with Crippen molar-refractivity contribution in [2.24, 2.45) is 0 Å². The molecule has 3 heteroatoms. The molecule has 2 aromatic rings. The van der Waals surface area contributed by atoms with Gasteiger partial charge in [0, 0.05) is 23.7 Å². The van der Waals surface area contributed by atoms with Crippen LogP contribution in [0.25, 0.3) is 10.9 Å². The van der Waals surface area contributed by atoms with Crippen molar-refractivity contribution in [3.8, 4) is 0 Å². The van der Waals surface area contributed by atoms with Gasteiger partial charge in [-0.3, -0.25) is 4.98 Å². The predicted molar refractivity (Wildman–Crippen MR) is 81.6 cm³/mol. The summed E-state index contributed by atoms with van der Waals surface area (Å²) >= 11 is 0. The quantitative estimate of drug-likeness (QED) is 0.901. The van der Waals surface area contributed by atoms with Crippen LogP contribution in [0.1, 0.15) is 36.9 Å². The number of para-hydroxylation sites is 1. The van der Waals surface area contributed by atoms with Crippen LogP contribution in [-0.2, 0) is 6.54 Å². The fourth-order valence-electron chi connectivity index (χ4n) is 3.13. The number of nitrogens with zero attached hydrogens (tertiary/aromatic N) is 1. The number of aliphatic hydroxyl groups excluding tert-OH is 1. The van der Waals surface area contributed by atoms with E-state index in [1.807, 2.05) is 13.0 Å². The van der Waals surface area contributed by atoms with Crippen LogP contribution in [0, 0.1) is 6.92 Å². The molecule has 0 aliphatic heterocycles. The number of hydrogen-bond donors (Lipinski definition) is 2. The number of benzene rings is 1. The minimum absolute atomic E-state index is 0.196. The van der Waals surface area contributed by atoms with Crippen molar-refractivity contribution in [2.45, 2.75) is 51.3 Å². The monoisotopic (exact) mass is 270 g/mol. The molecule has 3 rings (SSSR count). The van der Waals surface area contributed by atoms with Crippen LogP contribution < -0.4 is 5.32 Å². The summed E-state index contributed by atoms with van der Waals surface area (Å²) < 4.78 is 0. The molecule has 2 unspecified atom stereocenters. The zero-order chi connectivity index (χ0) is 13.9. The number of hydrogen-bond acceptors (Lipinski definition) is 3. The van der Waals surface area contributed by atoms with Gasteiger partial charge in [0.1, 0.15) is 0 Å². The summed E-state index contributed by atoms with van der Waals surface area (Å²) in [5.41, 5.74) is 3.36. The van der Waals surface area contributed by atoms with E-state index in [0.29, 0.717) is 0 Å². The summed E-state index contributed by atoms with van der Waals surface area (Å²) in [5, 5.41) is 14.8. The number of fused-ring (bicyclic) bond motifs is 1. The Morgan fingerprint density at radius 1 is 1.25 bits per heavy atom. The van der Waals surface area contributed by atoms with Gasteiger partial charge in [0.2, 0.25) is 0 Å². The van der Waals surface area contributed by atoms with Crippen molar-refractivity contribution >= 4 is 10.9 Å². The van der Waals surface area contributed by atoms with Gasteiger partial charge < -0.3 is 10.4 Å². The summed E-state index contributed by atoms with van der Waals surface area (Å²) in [6.07, 6.45) is 4.16. The lowest BCUT2D eigenvalue weighted by Gasteiger charge is -2.28. The number of aryl methyl sites for hydroxylation is 1. The van der Waals surface area contributed by atoms with Gasteiger partial charge in [0.15, 0.2) is 0 Å². The SMILES string of the molecule is Cc1cc(CNC2CCCCC2O)c2ccccc2n1. The molecule has 0 spiro atoms. The second kappa shape index (κ2) is 5.90. The molecule has 1 heterocycles. The molecule has 3 nitrogen and oxygen atoms in total. The Morgan fingerprint density at radius 2 is 2.05 bits per heavy atom. The molecular formula is C17H22N2O. The van der Waals surface area contributed by atoms with Crippen molar-refractivity contribution in [1.82, 2.24) is 10.3 Å². The van der Waals surface area contributed by atoms with E-state index >= 15 is 0 Å². The molecule has 1 aromatic heterocycles. The molecule has 106 valence electrons. The lowest BCUT2D eigenvalue weighted by molar-refractivity contribution is 0.0903. The Morgan fingerprint density at radius 3 is 2.90 bits per heavy atom. The number of aromatic nitrogens is 1. The Hall–Kier alpha value is -1.45. The first-order valence-corrected chi connectivity index (χ1v) is 7.51. The summed E-state index contributed by atoms with van der Waals surface area (Å²) in [7, 11) is 0. The number of aliphatic hydroxyl groups is 1. The minimum Gasteiger partial charge on any atom is -0.392 e. The molecule has 0 radical (unpaired) electrons. The van der Waals surface area contributed by atoms with E-state index in [1.54, 1.807) is 0 Å². The van der Waals surface area contributed by atoms with Crippen molar-refractivity contribution in [3.05, 3.63) is 41.6 Å². The Balaban J connectivity index is 1.80. The predicted octanol–water partition coefficient (Wildman–Crippen LogP) is 2.94. The van der Waals surface area contributed by atoms with E-state index in [0.717, 1.165) is 37.0 Å². The van der Waals surface area contributed by atoms with E-state index < -0.39 is 0 Å². The molecule has 20 heavy (non-hydrogen) atoms. The second-order valence-corrected chi connectivity index (χ2v) is 5.78. The summed E-state index contributed by atoms with van der Waals surface area (Å²) in [6.45, 7) is 2.83. The maximum atomic E-state index is 10.0. The van der Waals surface area contributed by atoms with Crippen molar-refractivity contribution < 1.29 is 5.11 Å². The van der Waals surface area contributed by atoms with Crippen LogP contribution in [0.4, 0.5) is 0 Å². The minimum atomic E-state index is -0.196. The smallest absolute Gasteiger partial charge is 0.0708 e. The van der Waals surface area contributed by atoms with Gasteiger partial charge in [0.05, 0.1) is 11.6 Å². The molecule has 1 aliphatic carbocycles. The number of rotatable bonds is 3. The molecule has 0 bridgehead atoms. The Bertz CT molecular complexity index is 597. The topological polar surface area (TPSA) is 45.1 Å².